The third kappa shape index (κ3) is 5.29. The third-order valence-corrected chi connectivity index (χ3v) is 8.12. The van der Waals surface area contributed by atoms with Gasteiger partial charge in [-0.05, 0) is 62.2 Å². The molecule has 2 aromatic carbocycles. The Morgan fingerprint density at radius 1 is 1.00 bits per heavy atom. The van der Waals surface area contributed by atoms with Crippen LogP contribution < -0.4 is 4.90 Å². The third-order valence-electron chi connectivity index (χ3n) is 5.36. The maximum Gasteiger partial charge on any atom is 0.230 e. The van der Waals surface area contributed by atoms with Crippen molar-refractivity contribution in [2.45, 2.75) is 38.6 Å². The lowest BCUT2D eigenvalue weighted by Crippen LogP contribution is -2.32. The van der Waals surface area contributed by atoms with Crippen LogP contribution in [0.4, 0.5) is 5.13 Å². The van der Waals surface area contributed by atoms with Crippen LogP contribution in [-0.4, -0.2) is 30.0 Å². The first-order chi connectivity index (χ1) is 15.7. The molecule has 0 N–H and O–H groups in total. The summed E-state index contributed by atoms with van der Waals surface area (Å²) in [6, 6.07) is 16.3. The van der Waals surface area contributed by atoms with Gasteiger partial charge < -0.3 is 0 Å². The first-order valence-corrected chi connectivity index (χ1v) is 13.1. The number of amides is 1. The molecule has 8 heteroatoms. The number of carbonyl (C=O) groups excluding carboxylic acids is 1. The van der Waals surface area contributed by atoms with Crippen molar-refractivity contribution in [1.29, 1.82) is 0 Å². The van der Waals surface area contributed by atoms with Gasteiger partial charge in [-0.1, -0.05) is 41.2 Å². The van der Waals surface area contributed by atoms with Gasteiger partial charge in [-0.2, -0.15) is 0 Å². The van der Waals surface area contributed by atoms with Gasteiger partial charge in [-0.3, -0.25) is 14.7 Å². The largest absolute Gasteiger partial charge is 0.282 e. The summed E-state index contributed by atoms with van der Waals surface area (Å²) in [4.78, 5) is 24.2. The monoisotopic (exact) mass is 479 g/mol. The molecule has 0 spiro atoms. The van der Waals surface area contributed by atoms with Gasteiger partial charge in [-0.25, -0.2) is 13.4 Å². The van der Waals surface area contributed by atoms with Gasteiger partial charge in [-0.15, -0.1) is 0 Å². The zero-order valence-corrected chi connectivity index (χ0v) is 20.4. The molecule has 0 saturated heterocycles. The fraction of sp³-hybridized carbons (Fsp3) is 0.240. The molecular weight excluding hydrogens is 454 g/mol. The van der Waals surface area contributed by atoms with Crippen LogP contribution in [-0.2, 0) is 21.2 Å². The maximum atomic E-state index is 13.3. The molecule has 0 aliphatic carbocycles. The number of anilines is 1. The molecule has 0 bridgehead atoms. The van der Waals surface area contributed by atoms with E-state index in [0.717, 1.165) is 26.9 Å². The molecule has 0 atom stereocenters. The summed E-state index contributed by atoms with van der Waals surface area (Å²) in [5, 5.41) is 0.544. The molecule has 33 heavy (non-hydrogen) atoms. The molecule has 4 aromatic rings. The van der Waals surface area contributed by atoms with Gasteiger partial charge in [0.1, 0.15) is 0 Å². The quantitative estimate of drug-likeness (QED) is 0.372. The number of pyridine rings is 1. The second-order valence-corrected chi connectivity index (χ2v) is 11.2. The second kappa shape index (κ2) is 9.41. The van der Waals surface area contributed by atoms with Crippen LogP contribution in [0.5, 0.6) is 0 Å². The van der Waals surface area contributed by atoms with Crippen LogP contribution in [0.1, 0.15) is 28.8 Å². The van der Waals surface area contributed by atoms with Crippen molar-refractivity contribution in [2.75, 3.05) is 10.7 Å². The Labute approximate surface area is 197 Å². The standard InChI is InChI=1S/C25H25N3O3S2/c1-17-7-9-21(10-8-17)33(30,31)13-11-23(29)28(16-20-6-4-5-12-26-20)25-27-24-19(3)14-18(2)15-22(24)32-25/h4-10,12,14-15H,11,13,16H2,1-3H3. The Kier molecular flexibility index (Phi) is 6.58. The summed E-state index contributed by atoms with van der Waals surface area (Å²) < 4.78 is 26.6. The molecule has 0 unspecified atom stereocenters. The number of sulfone groups is 1. The second-order valence-electron chi connectivity index (χ2n) is 8.11. The van der Waals surface area contributed by atoms with Crippen LogP contribution in [0.25, 0.3) is 10.2 Å². The van der Waals surface area contributed by atoms with E-state index in [0.29, 0.717) is 10.8 Å². The van der Waals surface area contributed by atoms with Crippen LogP contribution >= 0.6 is 11.3 Å². The Bertz CT molecular complexity index is 1400. The molecular formula is C25H25N3O3S2. The maximum absolute atomic E-state index is 13.3. The normalized spacial score (nSPS) is 11.6. The fourth-order valence-electron chi connectivity index (χ4n) is 3.61. The summed E-state index contributed by atoms with van der Waals surface area (Å²) in [7, 11) is -3.58. The SMILES string of the molecule is Cc1ccc(S(=O)(=O)CCC(=O)N(Cc2ccccn2)c2nc3c(C)cc(C)cc3s2)cc1. The molecule has 6 nitrogen and oxygen atoms in total. The van der Waals surface area contributed by atoms with Crippen molar-refractivity contribution < 1.29 is 13.2 Å². The zero-order valence-electron chi connectivity index (χ0n) is 18.8. The summed E-state index contributed by atoms with van der Waals surface area (Å²) in [6.07, 6.45) is 1.53. The minimum Gasteiger partial charge on any atom is -0.282 e. The predicted octanol–water partition coefficient (Wildman–Crippen LogP) is 5.01. The highest BCUT2D eigenvalue weighted by atomic mass is 32.2. The first kappa shape index (κ1) is 23.1. The molecule has 2 heterocycles. The number of rotatable bonds is 7. The molecule has 0 saturated carbocycles. The van der Waals surface area contributed by atoms with E-state index in [9.17, 15) is 13.2 Å². The lowest BCUT2D eigenvalue weighted by Gasteiger charge is -2.19. The number of carbonyl (C=O) groups is 1. The molecule has 4 rings (SSSR count). The Balaban J connectivity index is 1.62. The predicted molar refractivity (Wildman–Crippen MR) is 132 cm³/mol. The van der Waals surface area contributed by atoms with E-state index in [4.69, 9.17) is 4.98 Å². The summed E-state index contributed by atoms with van der Waals surface area (Å²) >= 11 is 1.43. The number of fused-ring (bicyclic) bond motifs is 1. The van der Waals surface area contributed by atoms with Gasteiger partial charge in [0, 0.05) is 12.6 Å². The number of hydrogen-bond acceptors (Lipinski definition) is 6. The highest BCUT2D eigenvalue weighted by Crippen LogP contribution is 2.32. The molecule has 170 valence electrons. The minimum atomic E-state index is -3.58. The lowest BCUT2D eigenvalue weighted by atomic mass is 10.1. The smallest absolute Gasteiger partial charge is 0.230 e. The van der Waals surface area contributed by atoms with Crippen molar-refractivity contribution >= 4 is 42.4 Å². The topological polar surface area (TPSA) is 80.2 Å². The Hall–Kier alpha value is -3.10. The van der Waals surface area contributed by atoms with E-state index < -0.39 is 9.84 Å². The highest BCUT2D eigenvalue weighted by molar-refractivity contribution is 7.91. The Morgan fingerprint density at radius 3 is 2.45 bits per heavy atom. The van der Waals surface area contributed by atoms with Crippen molar-refractivity contribution in [3.63, 3.8) is 0 Å². The van der Waals surface area contributed by atoms with Gasteiger partial charge in [0.05, 0.1) is 33.1 Å². The van der Waals surface area contributed by atoms with E-state index in [1.807, 2.05) is 39.0 Å². The Morgan fingerprint density at radius 2 is 1.76 bits per heavy atom. The van der Waals surface area contributed by atoms with Crippen molar-refractivity contribution in [3.05, 3.63) is 83.2 Å². The first-order valence-electron chi connectivity index (χ1n) is 10.6. The van der Waals surface area contributed by atoms with E-state index in [1.165, 1.54) is 11.3 Å². The average Bonchev–Trinajstić information content (AvgIpc) is 3.21. The average molecular weight is 480 g/mol. The number of benzene rings is 2. The molecule has 0 radical (unpaired) electrons. The molecule has 0 aliphatic heterocycles. The number of nitrogens with zero attached hydrogens (tertiary/aromatic N) is 3. The van der Waals surface area contributed by atoms with E-state index in [-0.39, 0.29) is 29.5 Å². The van der Waals surface area contributed by atoms with E-state index >= 15 is 0 Å². The van der Waals surface area contributed by atoms with Crippen LogP contribution in [0.3, 0.4) is 0 Å². The molecule has 0 aliphatic rings. The van der Waals surface area contributed by atoms with Crippen LogP contribution in [0.2, 0.25) is 0 Å². The molecule has 1 amide bonds. The van der Waals surface area contributed by atoms with E-state index in [2.05, 4.69) is 17.1 Å². The zero-order chi connectivity index (χ0) is 23.6. The number of thiazole rings is 1. The van der Waals surface area contributed by atoms with Gasteiger partial charge in [0.2, 0.25) is 5.91 Å². The summed E-state index contributed by atoms with van der Waals surface area (Å²) in [5.74, 6) is -0.568. The number of aromatic nitrogens is 2. The number of aryl methyl sites for hydroxylation is 3. The van der Waals surface area contributed by atoms with Crippen molar-refractivity contribution in [3.8, 4) is 0 Å². The minimum absolute atomic E-state index is 0.142. The number of hydrogen-bond donors (Lipinski definition) is 0. The summed E-state index contributed by atoms with van der Waals surface area (Å²) in [5.41, 5.74) is 4.71. The van der Waals surface area contributed by atoms with Gasteiger partial charge >= 0.3 is 0 Å². The lowest BCUT2D eigenvalue weighted by molar-refractivity contribution is -0.118. The van der Waals surface area contributed by atoms with Gasteiger partial charge in [0.25, 0.3) is 0 Å². The van der Waals surface area contributed by atoms with Crippen molar-refractivity contribution in [2.24, 2.45) is 0 Å². The van der Waals surface area contributed by atoms with Crippen LogP contribution in [0, 0.1) is 20.8 Å². The van der Waals surface area contributed by atoms with Gasteiger partial charge in [0.15, 0.2) is 15.0 Å². The summed E-state index contributed by atoms with van der Waals surface area (Å²) in [6.45, 7) is 6.15. The molecule has 2 aromatic heterocycles. The highest BCUT2D eigenvalue weighted by Gasteiger charge is 2.24. The van der Waals surface area contributed by atoms with E-state index in [1.54, 1.807) is 35.4 Å². The van der Waals surface area contributed by atoms with Crippen LogP contribution in [0.15, 0.2) is 65.7 Å². The molecule has 0 fully saturated rings. The fourth-order valence-corrected chi connectivity index (χ4v) is 6.00. The van der Waals surface area contributed by atoms with Crippen molar-refractivity contribution in [1.82, 2.24) is 9.97 Å².